The molecule has 0 N–H and O–H groups in total. The minimum absolute atomic E-state index is 0.113. The standard InChI is InChI=1S/C15H12BrF3N2O/c1-21(9-11-4-2-3-5-12(11)16)14(22)10-6-7-13(20-8-10)15(17,18)19/h2-8H,9H2,1H3. The molecule has 0 aliphatic rings. The van der Waals surface area contributed by atoms with Gasteiger partial charge in [-0.25, -0.2) is 0 Å². The Morgan fingerprint density at radius 1 is 1.23 bits per heavy atom. The van der Waals surface area contributed by atoms with E-state index in [2.05, 4.69) is 20.9 Å². The number of aromatic nitrogens is 1. The van der Waals surface area contributed by atoms with E-state index < -0.39 is 17.8 Å². The van der Waals surface area contributed by atoms with E-state index in [9.17, 15) is 18.0 Å². The second-order valence-electron chi connectivity index (χ2n) is 4.68. The molecular formula is C15H12BrF3N2O. The van der Waals surface area contributed by atoms with Gasteiger partial charge in [-0.2, -0.15) is 13.2 Å². The molecule has 0 unspecified atom stereocenters. The average molecular weight is 373 g/mol. The number of nitrogens with zero attached hydrogens (tertiary/aromatic N) is 2. The summed E-state index contributed by atoms with van der Waals surface area (Å²) in [6.45, 7) is 0.335. The Morgan fingerprint density at radius 2 is 1.91 bits per heavy atom. The Bertz CT molecular complexity index is 671. The summed E-state index contributed by atoms with van der Waals surface area (Å²) in [7, 11) is 1.58. The molecule has 0 saturated heterocycles. The number of alkyl halides is 3. The van der Waals surface area contributed by atoms with Crippen molar-refractivity contribution >= 4 is 21.8 Å². The van der Waals surface area contributed by atoms with Crippen molar-refractivity contribution in [3.8, 4) is 0 Å². The summed E-state index contributed by atoms with van der Waals surface area (Å²) >= 11 is 3.39. The number of benzene rings is 1. The van der Waals surface area contributed by atoms with Crippen molar-refractivity contribution in [2.45, 2.75) is 12.7 Å². The zero-order valence-electron chi connectivity index (χ0n) is 11.6. The van der Waals surface area contributed by atoms with Crippen LogP contribution in [-0.4, -0.2) is 22.8 Å². The molecule has 0 atom stereocenters. The van der Waals surface area contributed by atoms with E-state index >= 15 is 0 Å². The molecule has 1 aromatic heterocycles. The van der Waals surface area contributed by atoms with E-state index in [4.69, 9.17) is 0 Å². The molecule has 7 heteroatoms. The van der Waals surface area contributed by atoms with Crippen molar-refractivity contribution in [1.29, 1.82) is 0 Å². The van der Waals surface area contributed by atoms with Crippen LogP contribution in [0.15, 0.2) is 47.1 Å². The van der Waals surface area contributed by atoms with Gasteiger partial charge in [-0.05, 0) is 23.8 Å². The Morgan fingerprint density at radius 3 is 2.45 bits per heavy atom. The maximum atomic E-state index is 12.4. The zero-order chi connectivity index (χ0) is 16.3. The summed E-state index contributed by atoms with van der Waals surface area (Å²) in [6.07, 6.45) is -3.57. The Labute approximate surface area is 133 Å². The highest BCUT2D eigenvalue weighted by molar-refractivity contribution is 9.10. The lowest BCUT2D eigenvalue weighted by Crippen LogP contribution is -2.26. The van der Waals surface area contributed by atoms with Gasteiger partial charge in [-0.1, -0.05) is 34.1 Å². The molecule has 22 heavy (non-hydrogen) atoms. The molecule has 0 aliphatic heterocycles. The molecule has 116 valence electrons. The molecule has 0 spiro atoms. The fraction of sp³-hybridized carbons (Fsp3) is 0.200. The summed E-state index contributed by atoms with van der Waals surface area (Å²) in [5.41, 5.74) is -0.00159. The van der Waals surface area contributed by atoms with Crippen molar-refractivity contribution < 1.29 is 18.0 Å². The fourth-order valence-electron chi connectivity index (χ4n) is 1.86. The first-order chi connectivity index (χ1) is 10.3. The van der Waals surface area contributed by atoms with E-state index in [1.807, 2.05) is 24.3 Å². The molecule has 2 rings (SSSR count). The highest BCUT2D eigenvalue weighted by Crippen LogP contribution is 2.27. The van der Waals surface area contributed by atoms with Gasteiger partial charge in [0.05, 0.1) is 5.56 Å². The van der Waals surface area contributed by atoms with Gasteiger partial charge in [0.1, 0.15) is 5.69 Å². The maximum Gasteiger partial charge on any atom is 0.433 e. The van der Waals surface area contributed by atoms with E-state index in [1.165, 1.54) is 4.90 Å². The molecule has 1 amide bonds. The van der Waals surface area contributed by atoms with Crippen molar-refractivity contribution in [2.75, 3.05) is 7.05 Å². The fourth-order valence-corrected chi connectivity index (χ4v) is 2.27. The van der Waals surface area contributed by atoms with Crippen molar-refractivity contribution in [2.24, 2.45) is 0 Å². The van der Waals surface area contributed by atoms with Gasteiger partial charge in [0.15, 0.2) is 0 Å². The van der Waals surface area contributed by atoms with Crippen molar-refractivity contribution in [3.05, 3.63) is 63.9 Å². The summed E-state index contributed by atoms with van der Waals surface area (Å²) in [5, 5.41) is 0. The number of carbonyl (C=O) groups is 1. The maximum absolute atomic E-state index is 12.4. The van der Waals surface area contributed by atoms with Gasteiger partial charge in [0.2, 0.25) is 0 Å². The van der Waals surface area contributed by atoms with Crippen LogP contribution in [-0.2, 0) is 12.7 Å². The van der Waals surface area contributed by atoms with Crippen LogP contribution in [0.3, 0.4) is 0 Å². The predicted molar refractivity (Wildman–Crippen MR) is 79.2 cm³/mol. The SMILES string of the molecule is CN(Cc1ccccc1Br)C(=O)c1ccc(C(F)(F)F)nc1. The van der Waals surface area contributed by atoms with E-state index in [-0.39, 0.29) is 5.56 Å². The highest BCUT2D eigenvalue weighted by atomic mass is 79.9. The van der Waals surface area contributed by atoms with Crippen LogP contribution in [0, 0.1) is 0 Å². The summed E-state index contributed by atoms with van der Waals surface area (Å²) < 4.78 is 38.2. The number of carbonyl (C=O) groups excluding carboxylic acids is 1. The van der Waals surface area contributed by atoms with Crippen LogP contribution < -0.4 is 0 Å². The largest absolute Gasteiger partial charge is 0.433 e. The number of rotatable bonds is 3. The monoisotopic (exact) mass is 372 g/mol. The molecule has 0 aliphatic carbocycles. The van der Waals surface area contributed by atoms with Crippen LogP contribution in [0.1, 0.15) is 21.6 Å². The third-order valence-electron chi connectivity index (χ3n) is 3.01. The summed E-state index contributed by atoms with van der Waals surface area (Å²) in [5.74, 6) is -0.392. The Hall–Kier alpha value is -1.89. The number of hydrogen-bond donors (Lipinski definition) is 0. The minimum atomic E-state index is -4.51. The molecule has 0 bridgehead atoms. The normalized spacial score (nSPS) is 11.3. The van der Waals surface area contributed by atoms with E-state index in [0.29, 0.717) is 6.54 Å². The minimum Gasteiger partial charge on any atom is -0.337 e. The van der Waals surface area contributed by atoms with Crippen molar-refractivity contribution in [3.63, 3.8) is 0 Å². The Kier molecular flexibility index (Phi) is 4.85. The molecule has 3 nitrogen and oxygen atoms in total. The van der Waals surface area contributed by atoms with Gasteiger partial charge >= 0.3 is 6.18 Å². The van der Waals surface area contributed by atoms with Crippen LogP contribution >= 0.6 is 15.9 Å². The lowest BCUT2D eigenvalue weighted by molar-refractivity contribution is -0.141. The third kappa shape index (κ3) is 3.85. The lowest BCUT2D eigenvalue weighted by Gasteiger charge is -2.18. The first-order valence-electron chi connectivity index (χ1n) is 6.31. The Balaban J connectivity index is 2.12. The molecule has 1 aromatic carbocycles. The third-order valence-corrected chi connectivity index (χ3v) is 3.79. The molecular weight excluding hydrogens is 361 g/mol. The molecule has 2 aromatic rings. The summed E-state index contributed by atoms with van der Waals surface area (Å²) in [4.78, 5) is 16.9. The number of amides is 1. The van der Waals surface area contributed by atoms with Crippen LogP contribution in [0.2, 0.25) is 0 Å². The molecule has 0 radical (unpaired) electrons. The molecule has 1 heterocycles. The van der Waals surface area contributed by atoms with Gasteiger partial charge < -0.3 is 4.90 Å². The lowest BCUT2D eigenvalue weighted by atomic mass is 10.2. The van der Waals surface area contributed by atoms with Gasteiger partial charge in [0, 0.05) is 24.3 Å². The highest BCUT2D eigenvalue weighted by Gasteiger charge is 2.32. The topological polar surface area (TPSA) is 33.2 Å². The van der Waals surface area contributed by atoms with Gasteiger partial charge in [-0.15, -0.1) is 0 Å². The quantitative estimate of drug-likeness (QED) is 0.811. The second kappa shape index (κ2) is 6.48. The van der Waals surface area contributed by atoms with E-state index in [0.717, 1.165) is 28.4 Å². The first-order valence-corrected chi connectivity index (χ1v) is 7.10. The molecule has 0 saturated carbocycles. The first kappa shape index (κ1) is 16.5. The van der Waals surface area contributed by atoms with Crippen LogP contribution in [0.4, 0.5) is 13.2 Å². The zero-order valence-corrected chi connectivity index (χ0v) is 13.1. The summed E-state index contributed by atoms with van der Waals surface area (Å²) in [6, 6.07) is 9.35. The predicted octanol–water partition coefficient (Wildman–Crippen LogP) is 4.14. The number of halogens is 4. The average Bonchev–Trinajstić information content (AvgIpc) is 2.48. The number of hydrogen-bond acceptors (Lipinski definition) is 2. The van der Waals surface area contributed by atoms with Gasteiger partial charge in [-0.3, -0.25) is 9.78 Å². The van der Waals surface area contributed by atoms with Gasteiger partial charge in [0.25, 0.3) is 5.91 Å². The van der Waals surface area contributed by atoms with Crippen LogP contribution in [0.25, 0.3) is 0 Å². The smallest absolute Gasteiger partial charge is 0.337 e. The number of pyridine rings is 1. The van der Waals surface area contributed by atoms with E-state index in [1.54, 1.807) is 7.05 Å². The van der Waals surface area contributed by atoms with Crippen molar-refractivity contribution in [1.82, 2.24) is 9.88 Å². The second-order valence-corrected chi connectivity index (χ2v) is 5.54. The molecule has 0 fully saturated rings. The van der Waals surface area contributed by atoms with Crippen LogP contribution in [0.5, 0.6) is 0 Å².